The van der Waals surface area contributed by atoms with E-state index in [9.17, 15) is 0 Å². The Bertz CT molecular complexity index is 2350. The minimum absolute atomic E-state index is 0. The van der Waals surface area contributed by atoms with Crippen LogP contribution in [0, 0.1) is 32.9 Å². The second-order valence-electron chi connectivity index (χ2n) is 17.2. The van der Waals surface area contributed by atoms with E-state index >= 15 is 0 Å². The smallest absolute Gasteiger partial charge is 0.503 e. The minimum atomic E-state index is -0.260. The van der Waals surface area contributed by atoms with Crippen LogP contribution in [0.5, 0.6) is 11.5 Å². The van der Waals surface area contributed by atoms with Gasteiger partial charge in [-0.05, 0) is 63.5 Å². The molecule has 0 N–H and O–H groups in total. The van der Waals surface area contributed by atoms with Crippen molar-refractivity contribution in [2.75, 3.05) is 4.90 Å². The summed E-state index contributed by atoms with van der Waals surface area (Å²) in [7, 11) is 0. The van der Waals surface area contributed by atoms with Crippen molar-refractivity contribution in [1.29, 1.82) is 0 Å². The van der Waals surface area contributed by atoms with Crippen molar-refractivity contribution in [2.24, 2.45) is 0 Å². The van der Waals surface area contributed by atoms with Gasteiger partial charge in [0, 0.05) is 35.5 Å². The molecule has 0 spiro atoms. The van der Waals surface area contributed by atoms with Gasteiger partial charge in [0.1, 0.15) is 12.1 Å². The maximum atomic E-state index is 7.20. The SMILES string of the molecule is Cc1cc2[c-]c(c1)C1=[N+](c3cc(C(C)(C)C)cc(n3)N3c4[c-]c(ccc4C(C)(C)c4ccccc43)O2)[C@@H]2[C@H](Cc3cc(C)cc(C)c3C2(C)C)O1.[Pt+2]. The van der Waals surface area contributed by atoms with Gasteiger partial charge in [-0.15, -0.1) is 29.3 Å². The van der Waals surface area contributed by atoms with Gasteiger partial charge in [0.15, 0.2) is 0 Å². The molecule has 266 valence electrons. The predicted molar refractivity (Wildman–Crippen MR) is 204 cm³/mol. The average molecular weight is 868 g/mol. The molecule has 1 aliphatic carbocycles. The van der Waals surface area contributed by atoms with Crippen molar-refractivity contribution in [1.82, 2.24) is 4.98 Å². The Morgan fingerprint density at radius 2 is 1.60 bits per heavy atom. The number of aromatic nitrogens is 1. The Labute approximate surface area is 323 Å². The fraction of sp³-hybridized carbons (Fsp3) is 0.348. The molecular formula is C46H46N3O2Pt+. The van der Waals surface area contributed by atoms with Crippen LogP contribution in [0.2, 0.25) is 0 Å². The van der Waals surface area contributed by atoms with Gasteiger partial charge in [-0.3, -0.25) is 4.90 Å². The third-order valence-electron chi connectivity index (χ3n) is 11.7. The Hall–Kier alpha value is -4.21. The van der Waals surface area contributed by atoms with Gasteiger partial charge in [-0.1, -0.05) is 115 Å². The second kappa shape index (κ2) is 11.6. The molecule has 6 heteroatoms. The number of hydrogen-bond donors (Lipinski definition) is 0. The summed E-state index contributed by atoms with van der Waals surface area (Å²) in [5.74, 6) is 3.77. The number of para-hydroxylation sites is 1. The standard InChI is InChI=1S/C46H46N3O2.Pt/c1-26-17-28(3)41-29(18-26)22-38-42(46(41,9)10)49-40-24-31(44(4,5)6)23-39(47-40)48-36-14-12-11-13-34(36)45(7,8)35-16-15-32(25-37(35)48)50-33-20-27(2)19-30(21-33)43(49)51-38;/h11-20,23-24,38,42H,22H2,1-10H3;/q-1;+2/t38-,42+;/m0./s1. The van der Waals surface area contributed by atoms with E-state index in [1.807, 2.05) is 12.1 Å². The molecule has 0 amide bonds. The third kappa shape index (κ3) is 5.13. The number of aryl methyl sites for hydroxylation is 3. The van der Waals surface area contributed by atoms with Crippen LogP contribution in [0.4, 0.5) is 23.0 Å². The van der Waals surface area contributed by atoms with Gasteiger partial charge in [-0.2, -0.15) is 6.07 Å². The largest absolute Gasteiger partial charge is 2.00 e. The van der Waals surface area contributed by atoms with E-state index in [0.717, 1.165) is 46.5 Å². The normalized spacial score (nSPS) is 20.0. The van der Waals surface area contributed by atoms with Crippen LogP contribution >= 0.6 is 0 Å². The Morgan fingerprint density at radius 3 is 2.37 bits per heavy atom. The molecule has 0 unspecified atom stereocenters. The first-order chi connectivity index (χ1) is 24.1. The van der Waals surface area contributed by atoms with E-state index in [2.05, 4.69) is 152 Å². The molecule has 52 heavy (non-hydrogen) atoms. The molecule has 9 rings (SSSR count). The van der Waals surface area contributed by atoms with Crippen molar-refractivity contribution in [2.45, 2.75) is 104 Å². The van der Waals surface area contributed by atoms with Crippen LogP contribution in [0.3, 0.4) is 0 Å². The van der Waals surface area contributed by atoms with Gasteiger partial charge in [0.25, 0.3) is 5.82 Å². The van der Waals surface area contributed by atoms with Crippen molar-refractivity contribution in [3.63, 3.8) is 0 Å². The quantitative estimate of drug-likeness (QED) is 0.115. The Kier molecular flexibility index (Phi) is 7.80. The summed E-state index contributed by atoms with van der Waals surface area (Å²) >= 11 is 0. The zero-order valence-electron chi connectivity index (χ0n) is 31.8. The van der Waals surface area contributed by atoms with E-state index in [1.54, 1.807) is 0 Å². The number of rotatable bonds is 0. The number of anilines is 3. The van der Waals surface area contributed by atoms with E-state index in [4.69, 9.17) is 14.5 Å². The van der Waals surface area contributed by atoms with E-state index in [1.165, 1.54) is 38.9 Å². The van der Waals surface area contributed by atoms with Gasteiger partial charge in [0.05, 0.1) is 5.69 Å². The second-order valence-corrected chi connectivity index (χ2v) is 17.2. The van der Waals surface area contributed by atoms with Gasteiger partial charge >= 0.3 is 26.9 Å². The van der Waals surface area contributed by atoms with Crippen LogP contribution in [0.25, 0.3) is 0 Å². The van der Waals surface area contributed by atoms with Gasteiger partial charge in [-0.25, -0.2) is 4.58 Å². The maximum absolute atomic E-state index is 7.20. The Balaban J connectivity index is 0.00000387. The fourth-order valence-electron chi connectivity index (χ4n) is 9.49. The van der Waals surface area contributed by atoms with Crippen molar-refractivity contribution >= 4 is 28.9 Å². The first kappa shape index (κ1) is 34.9. The van der Waals surface area contributed by atoms with Crippen LogP contribution in [-0.4, -0.2) is 27.6 Å². The van der Waals surface area contributed by atoms with Crippen LogP contribution in [0.1, 0.15) is 98.5 Å². The molecular weight excluding hydrogens is 822 g/mol. The molecule has 5 aromatic rings. The summed E-state index contributed by atoms with van der Waals surface area (Å²) in [5, 5.41) is 0. The monoisotopic (exact) mass is 867 g/mol. The summed E-state index contributed by atoms with van der Waals surface area (Å²) in [5.41, 5.74) is 12.3. The molecule has 0 saturated carbocycles. The van der Waals surface area contributed by atoms with E-state index < -0.39 is 0 Å². The van der Waals surface area contributed by atoms with Gasteiger partial charge < -0.3 is 9.47 Å². The number of fused-ring (bicyclic) bond motifs is 13. The minimum Gasteiger partial charge on any atom is -0.503 e. The summed E-state index contributed by atoms with van der Waals surface area (Å²) < 4.78 is 16.3. The molecule has 4 aromatic carbocycles. The number of ether oxygens (including phenoxy) is 2. The first-order valence-corrected chi connectivity index (χ1v) is 18.3. The molecule has 0 radical (unpaired) electrons. The summed E-state index contributed by atoms with van der Waals surface area (Å²) in [6.45, 7) is 22.8. The van der Waals surface area contributed by atoms with Crippen molar-refractivity contribution in [3.05, 3.63) is 135 Å². The average Bonchev–Trinajstić information content (AvgIpc) is 3.44. The first-order valence-electron chi connectivity index (χ1n) is 18.3. The zero-order valence-corrected chi connectivity index (χ0v) is 34.0. The number of benzene rings is 4. The molecule has 2 atom stereocenters. The topological polar surface area (TPSA) is 37.6 Å². The van der Waals surface area contributed by atoms with Crippen molar-refractivity contribution in [3.8, 4) is 11.5 Å². The third-order valence-corrected chi connectivity index (χ3v) is 11.7. The van der Waals surface area contributed by atoms with Crippen LogP contribution in [-0.2, 0) is 48.5 Å². The molecule has 4 aliphatic rings. The summed E-state index contributed by atoms with van der Waals surface area (Å²) in [4.78, 5) is 7.97. The van der Waals surface area contributed by atoms with E-state index in [-0.39, 0.29) is 49.5 Å². The molecule has 5 nitrogen and oxygen atoms in total. The summed E-state index contributed by atoms with van der Waals surface area (Å²) in [6, 6.07) is 33.7. The molecule has 0 fully saturated rings. The maximum Gasteiger partial charge on any atom is 2.00 e. The predicted octanol–water partition coefficient (Wildman–Crippen LogP) is 10.5. The fourth-order valence-corrected chi connectivity index (χ4v) is 9.49. The molecule has 3 aliphatic heterocycles. The molecule has 6 bridgehead atoms. The molecule has 1 aromatic heterocycles. The van der Waals surface area contributed by atoms with Crippen LogP contribution in [0.15, 0.2) is 72.8 Å². The van der Waals surface area contributed by atoms with Crippen LogP contribution < -0.4 is 9.64 Å². The molecule has 4 heterocycles. The Morgan fingerprint density at radius 1 is 0.846 bits per heavy atom. The molecule has 0 saturated heterocycles. The summed E-state index contributed by atoms with van der Waals surface area (Å²) in [6.07, 6.45) is 0.743. The number of hydrogen-bond acceptors (Lipinski definition) is 4. The number of pyridine rings is 1. The van der Waals surface area contributed by atoms with E-state index in [0.29, 0.717) is 11.5 Å². The van der Waals surface area contributed by atoms with Gasteiger partial charge in [0.2, 0.25) is 5.90 Å². The van der Waals surface area contributed by atoms with Crippen molar-refractivity contribution < 1.29 is 35.1 Å². The number of nitrogens with zero attached hydrogens (tertiary/aromatic N) is 3. The zero-order chi connectivity index (χ0) is 35.8.